The molecule has 1 aromatic carbocycles. The number of nitrogens with one attached hydrogen (secondary N) is 2. The largest absolute Gasteiger partial charge is 0.383 e. The molecular formula is C10H9F2N3. The Bertz CT molecular complexity index is 443. The van der Waals surface area contributed by atoms with Gasteiger partial charge in [-0.3, -0.25) is 0 Å². The van der Waals surface area contributed by atoms with Crippen LogP contribution in [0.3, 0.4) is 0 Å². The first-order chi connectivity index (χ1) is 7.22. The van der Waals surface area contributed by atoms with Crippen LogP contribution < -0.4 is 5.32 Å². The van der Waals surface area contributed by atoms with Crippen molar-refractivity contribution in [2.45, 2.75) is 0 Å². The number of benzene rings is 1. The van der Waals surface area contributed by atoms with Crippen molar-refractivity contribution < 1.29 is 8.78 Å². The van der Waals surface area contributed by atoms with Crippen LogP contribution in [0.15, 0.2) is 24.5 Å². The summed E-state index contributed by atoms with van der Waals surface area (Å²) in [6.07, 6.45) is 3.12. The van der Waals surface area contributed by atoms with E-state index in [-0.39, 0.29) is 5.69 Å². The van der Waals surface area contributed by atoms with E-state index in [2.05, 4.69) is 15.3 Å². The van der Waals surface area contributed by atoms with E-state index < -0.39 is 11.6 Å². The highest BCUT2D eigenvalue weighted by atomic mass is 19.1. The number of nitrogens with zero attached hydrogens (tertiary/aromatic N) is 1. The van der Waals surface area contributed by atoms with Crippen LogP contribution in [-0.2, 0) is 0 Å². The Labute approximate surface area is 85.2 Å². The van der Waals surface area contributed by atoms with Crippen LogP contribution in [0.25, 0.3) is 11.4 Å². The molecule has 0 bridgehead atoms. The summed E-state index contributed by atoms with van der Waals surface area (Å²) in [7, 11) is 1.47. The van der Waals surface area contributed by atoms with Crippen LogP contribution in [0.4, 0.5) is 14.5 Å². The minimum absolute atomic E-state index is 0.134. The van der Waals surface area contributed by atoms with E-state index in [0.29, 0.717) is 11.4 Å². The number of H-pyrrole nitrogens is 1. The Balaban J connectivity index is 2.53. The minimum Gasteiger partial charge on any atom is -0.383 e. The van der Waals surface area contributed by atoms with Gasteiger partial charge in [-0.2, -0.15) is 0 Å². The van der Waals surface area contributed by atoms with Crippen molar-refractivity contribution in [2.75, 3.05) is 12.4 Å². The average Bonchev–Trinajstić information content (AvgIpc) is 2.69. The van der Waals surface area contributed by atoms with Gasteiger partial charge in [0, 0.05) is 25.0 Å². The number of hydrogen-bond donors (Lipinski definition) is 2. The average molecular weight is 209 g/mol. The predicted octanol–water partition coefficient (Wildman–Crippen LogP) is 2.40. The summed E-state index contributed by atoms with van der Waals surface area (Å²) in [5, 5.41) is 2.46. The molecule has 0 unspecified atom stereocenters. The summed E-state index contributed by atoms with van der Waals surface area (Å²) in [5.41, 5.74) is 0.249. The topological polar surface area (TPSA) is 40.7 Å². The van der Waals surface area contributed by atoms with Gasteiger partial charge >= 0.3 is 0 Å². The van der Waals surface area contributed by atoms with E-state index in [1.54, 1.807) is 6.20 Å². The van der Waals surface area contributed by atoms with Crippen molar-refractivity contribution in [1.29, 1.82) is 0 Å². The molecule has 78 valence electrons. The predicted molar refractivity (Wildman–Crippen MR) is 53.5 cm³/mol. The lowest BCUT2D eigenvalue weighted by molar-refractivity contribution is 0.590. The number of halogens is 2. The third-order valence-electron chi connectivity index (χ3n) is 2.06. The Kier molecular flexibility index (Phi) is 2.37. The first-order valence-corrected chi connectivity index (χ1v) is 4.39. The molecule has 0 amide bonds. The SMILES string of the molecule is CNc1c(F)cc(-c2ncc[nH]2)cc1F. The number of aromatic amines is 1. The van der Waals surface area contributed by atoms with Gasteiger partial charge in [0.05, 0.1) is 0 Å². The Morgan fingerprint density at radius 1 is 1.27 bits per heavy atom. The summed E-state index contributed by atoms with van der Waals surface area (Å²) in [6.45, 7) is 0. The highest BCUT2D eigenvalue weighted by molar-refractivity contribution is 5.61. The van der Waals surface area contributed by atoms with Crippen molar-refractivity contribution in [3.05, 3.63) is 36.2 Å². The highest BCUT2D eigenvalue weighted by Crippen LogP contribution is 2.24. The molecule has 15 heavy (non-hydrogen) atoms. The zero-order valence-corrected chi connectivity index (χ0v) is 8.01. The van der Waals surface area contributed by atoms with Gasteiger partial charge < -0.3 is 10.3 Å². The van der Waals surface area contributed by atoms with Gasteiger partial charge in [-0.05, 0) is 12.1 Å². The first-order valence-electron chi connectivity index (χ1n) is 4.39. The monoisotopic (exact) mass is 209 g/mol. The normalized spacial score (nSPS) is 10.3. The van der Waals surface area contributed by atoms with E-state index in [0.717, 1.165) is 0 Å². The van der Waals surface area contributed by atoms with E-state index in [1.165, 1.54) is 25.4 Å². The van der Waals surface area contributed by atoms with Crippen LogP contribution in [0.1, 0.15) is 0 Å². The summed E-state index contributed by atoms with van der Waals surface area (Å²) in [5.74, 6) is -0.830. The maximum absolute atomic E-state index is 13.4. The molecule has 0 radical (unpaired) electrons. The summed E-state index contributed by atoms with van der Waals surface area (Å²) in [6, 6.07) is 2.46. The molecule has 1 aromatic heterocycles. The molecule has 2 aromatic rings. The van der Waals surface area contributed by atoms with Gasteiger partial charge in [-0.15, -0.1) is 0 Å². The second-order valence-electron chi connectivity index (χ2n) is 3.00. The summed E-state index contributed by atoms with van der Waals surface area (Å²) < 4.78 is 26.7. The van der Waals surface area contributed by atoms with Gasteiger partial charge in [0.15, 0.2) is 0 Å². The fraction of sp³-hybridized carbons (Fsp3) is 0.100. The number of aromatic nitrogens is 2. The molecule has 2 rings (SSSR count). The number of hydrogen-bond acceptors (Lipinski definition) is 2. The fourth-order valence-electron chi connectivity index (χ4n) is 1.37. The fourth-order valence-corrected chi connectivity index (χ4v) is 1.37. The molecule has 1 heterocycles. The molecule has 0 aliphatic heterocycles. The van der Waals surface area contributed by atoms with E-state index in [9.17, 15) is 8.78 Å². The van der Waals surface area contributed by atoms with Crippen molar-refractivity contribution in [3.63, 3.8) is 0 Å². The van der Waals surface area contributed by atoms with E-state index in [4.69, 9.17) is 0 Å². The molecule has 0 saturated carbocycles. The molecule has 0 atom stereocenters. The number of rotatable bonds is 2. The summed E-state index contributed by atoms with van der Waals surface area (Å²) >= 11 is 0. The molecule has 0 fully saturated rings. The third-order valence-corrected chi connectivity index (χ3v) is 2.06. The first kappa shape index (κ1) is 9.64. The second kappa shape index (κ2) is 3.68. The highest BCUT2D eigenvalue weighted by Gasteiger charge is 2.11. The minimum atomic E-state index is -0.635. The second-order valence-corrected chi connectivity index (χ2v) is 3.00. The zero-order chi connectivity index (χ0) is 10.8. The van der Waals surface area contributed by atoms with Crippen molar-refractivity contribution in [3.8, 4) is 11.4 Å². The van der Waals surface area contributed by atoms with Crippen LogP contribution in [0.5, 0.6) is 0 Å². The number of anilines is 1. The molecule has 0 spiro atoms. The smallest absolute Gasteiger partial charge is 0.150 e. The molecule has 5 heteroatoms. The Morgan fingerprint density at radius 2 is 1.93 bits per heavy atom. The quantitative estimate of drug-likeness (QED) is 0.797. The van der Waals surface area contributed by atoms with Crippen LogP contribution in [0.2, 0.25) is 0 Å². The number of imidazole rings is 1. The van der Waals surface area contributed by atoms with Crippen molar-refractivity contribution >= 4 is 5.69 Å². The Hall–Kier alpha value is -1.91. The lowest BCUT2D eigenvalue weighted by atomic mass is 10.1. The van der Waals surface area contributed by atoms with Gasteiger partial charge in [-0.1, -0.05) is 0 Å². The zero-order valence-electron chi connectivity index (χ0n) is 8.01. The van der Waals surface area contributed by atoms with Gasteiger partial charge in [0.2, 0.25) is 0 Å². The standard InChI is InChI=1S/C10H9F2N3/c1-13-9-7(11)4-6(5-8(9)12)10-14-2-3-15-10/h2-5,13H,1H3,(H,14,15). The molecular weight excluding hydrogens is 200 g/mol. The maximum Gasteiger partial charge on any atom is 0.150 e. The van der Waals surface area contributed by atoms with E-state index >= 15 is 0 Å². The van der Waals surface area contributed by atoms with Gasteiger partial charge in [0.1, 0.15) is 23.1 Å². The Morgan fingerprint density at radius 3 is 2.40 bits per heavy atom. The summed E-state index contributed by atoms with van der Waals surface area (Å²) in [4.78, 5) is 6.70. The van der Waals surface area contributed by atoms with E-state index in [1.807, 2.05) is 0 Å². The maximum atomic E-state index is 13.4. The molecule has 2 N–H and O–H groups in total. The molecule has 0 aliphatic carbocycles. The lowest BCUT2D eigenvalue weighted by Gasteiger charge is -2.05. The van der Waals surface area contributed by atoms with Crippen LogP contribution in [-0.4, -0.2) is 17.0 Å². The van der Waals surface area contributed by atoms with Gasteiger partial charge in [0.25, 0.3) is 0 Å². The third kappa shape index (κ3) is 1.68. The van der Waals surface area contributed by atoms with Gasteiger partial charge in [-0.25, -0.2) is 13.8 Å². The molecule has 0 saturated heterocycles. The van der Waals surface area contributed by atoms with Crippen molar-refractivity contribution in [1.82, 2.24) is 9.97 Å². The van der Waals surface area contributed by atoms with Crippen LogP contribution >= 0.6 is 0 Å². The molecule has 3 nitrogen and oxygen atoms in total. The van der Waals surface area contributed by atoms with Crippen LogP contribution in [0, 0.1) is 11.6 Å². The lowest BCUT2D eigenvalue weighted by Crippen LogP contribution is -1.97. The van der Waals surface area contributed by atoms with Crippen molar-refractivity contribution in [2.24, 2.45) is 0 Å². The molecule has 0 aliphatic rings.